The molecule has 0 heterocycles. The molecule has 14 heavy (non-hydrogen) atoms. The molecule has 7 N–H and O–H groups in total. The van der Waals surface area contributed by atoms with Gasteiger partial charge in [0.15, 0.2) is 5.96 Å². The normalized spacial score (nSPS) is 13.9. The minimum Gasteiger partial charge on any atom is -0.388 e. The third-order valence-electron chi connectivity index (χ3n) is 2.13. The van der Waals surface area contributed by atoms with Crippen LogP contribution in [0.25, 0.3) is 0 Å². The van der Waals surface area contributed by atoms with Crippen LogP contribution in [0.5, 0.6) is 0 Å². The van der Waals surface area contributed by atoms with Crippen LogP contribution in [0.2, 0.25) is 0 Å². The van der Waals surface area contributed by atoms with Gasteiger partial charge in [-0.1, -0.05) is 0 Å². The van der Waals surface area contributed by atoms with Crippen molar-refractivity contribution in [2.24, 2.45) is 27.2 Å². The second-order valence-electron chi connectivity index (χ2n) is 4.12. The van der Waals surface area contributed by atoms with Crippen LogP contribution in [0.1, 0.15) is 27.7 Å². The summed E-state index contributed by atoms with van der Waals surface area (Å²) in [7, 11) is 0. The van der Waals surface area contributed by atoms with Crippen molar-refractivity contribution < 1.29 is 5.11 Å². The number of aliphatic hydroxyl groups is 1. The fraction of sp³-hybridized carbons (Fsp3) is 0.750. The van der Waals surface area contributed by atoms with Gasteiger partial charge in [0.1, 0.15) is 0 Å². The molecule has 0 amide bonds. The van der Waals surface area contributed by atoms with Gasteiger partial charge in [0.25, 0.3) is 0 Å². The zero-order valence-electron chi connectivity index (χ0n) is 9.07. The number of hydrogen-bond donors (Lipinski definition) is 4. The van der Waals surface area contributed by atoms with E-state index >= 15 is 0 Å². The molecule has 0 fully saturated rings. The first-order chi connectivity index (χ1) is 6.06. The van der Waals surface area contributed by atoms with Crippen LogP contribution >= 0.6 is 0 Å². The van der Waals surface area contributed by atoms with Crippen LogP contribution in [0.4, 0.5) is 0 Å². The average Bonchev–Trinajstić information content (AvgIpc) is 1.79. The number of guanidine groups is 2. The van der Waals surface area contributed by atoms with Crippen LogP contribution in [-0.2, 0) is 0 Å². The fourth-order valence-electron chi connectivity index (χ4n) is 0.580. The summed E-state index contributed by atoms with van der Waals surface area (Å²) in [6, 6.07) is 0. The van der Waals surface area contributed by atoms with Gasteiger partial charge >= 0.3 is 0 Å². The van der Waals surface area contributed by atoms with Gasteiger partial charge in [-0.25, -0.2) is 4.99 Å². The quantitative estimate of drug-likeness (QED) is 0.342. The summed E-state index contributed by atoms with van der Waals surface area (Å²) in [5.41, 5.74) is 13.9. The number of rotatable bonds is 2. The summed E-state index contributed by atoms with van der Waals surface area (Å²) >= 11 is 0. The van der Waals surface area contributed by atoms with E-state index in [2.05, 4.69) is 9.98 Å². The van der Waals surface area contributed by atoms with E-state index in [0.717, 1.165) is 0 Å². The highest BCUT2D eigenvalue weighted by atomic mass is 16.3. The molecule has 0 aromatic rings. The first kappa shape index (κ1) is 12.7. The molecular formula is C8H19N5O. The molecule has 0 rings (SSSR count). The van der Waals surface area contributed by atoms with Crippen molar-refractivity contribution >= 4 is 11.9 Å². The molecule has 0 aromatic carbocycles. The summed E-state index contributed by atoms with van der Waals surface area (Å²) in [5, 5.41) is 9.75. The van der Waals surface area contributed by atoms with Gasteiger partial charge in [0, 0.05) is 0 Å². The van der Waals surface area contributed by atoms with E-state index < -0.39 is 11.1 Å². The lowest BCUT2D eigenvalue weighted by atomic mass is 9.87. The molecule has 6 nitrogen and oxygen atoms in total. The maximum atomic E-state index is 9.75. The Morgan fingerprint density at radius 3 is 1.79 bits per heavy atom. The maximum absolute atomic E-state index is 9.75. The molecule has 82 valence electrons. The number of nitrogens with zero attached hydrogens (tertiary/aromatic N) is 2. The Morgan fingerprint density at radius 1 is 1.07 bits per heavy atom. The van der Waals surface area contributed by atoms with Gasteiger partial charge < -0.3 is 22.3 Å². The Hall–Kier alpha value is -1.30. The minimum absolute atomic E-state index is 0.0443. The van der Waals surface area contributed by atoms with E-state index in [1.165, 1.54) is 0 Å². The lowest BCUT2D eigenvalue weighted by molar-refractivity contribution is 0.0155. The molecule has 0 aliphatic heterocycles. The average molecular weight is 201 g/mol. The van der Waals surface area contributed by atoms with E-state index in [1.54, 1.807) is 27.7 Å². The van der Waals surface area contributed by atoms with E-state index in [4.69, 9.17) is 17.2 Å². The first-order valence-corrected chi connectivity index (χ1v) is 4.23. The maximum Gasteiger partial charge on any atom is 0.219 e. The predicted molar refractivity (Wildman–Crippen MR) is 57.8 cm³/mol. The minimum atomic E-state index is -1.00. The van der Waals surface area contributed by atoms with Crippen LogP contribution in [0.15, 0.2) is 9.98 Å². The monoisotopic (exact) mass is 201 g/mol. The van der Waals surface area contributed by atoms with Crippen LogP contribution < -0.4 is 17.2 Å². The van der Waals surface area contributed by atoms with E-state index in [9.17, 15) is 5.11 Å². The SMILES string of the molecule is CC(C)(O)C(C)(C)N=C(N)N=C(N)N. The predicted octanol–water partition coefficient (Wildman–Crippen LogP) is -0.876. The summed E-state index contributed by atoms with van der Waals surface area (Å²) < 4.78 is 0. The number of aliphatic imine (C=N–C) groups is 2. The molecule has 0 bridgehead atoms. The molecule has 0 saturated carbocycles. The Labute approximate surface area is 83.9 Å². The van der Waals surface area contributed by atoms with Gasteiger partial charge in [-0.3, -0.25) is 0 Å². The van der Waals surface area contributed by atoms with Crippen molar-refractivity contribution in [2.45, 2.75) is 38.8 Å². The van der Waals surface area contributed by atoms with Crippen molar-refractivity contribution in [1.82, 2.24) is 0 Å². The van der Waals surface area contributed by atoms with Crippen molar-refractivity contribution in [1.29, 1.82) is 0 Å². The second kappa shape index (κ2) is 3.83. The Morgan fingerprint density at radius 2 is 1.50 bits per heavy atom. The zero-order chi connectivity index (χ0) is 11.6. The first-order valence-electron chi connectivity index (χ1n) is 4.23. The van der Waals surface area contributed by atoms with E-state index in [1.807, 2.05) is 0 Å². The molecule has 0 unspecified atom stereocenters. The van der Waals surface area contributed by atoms with Gasteiger partial charge in [-0.2, -0.15) is 4.99 Å². The standard InChI is InChI=1S/C8H19N5O/c1-7(2,8(3,4)14)13-6(11)12-5(9)10/h14H,1-4H3,(H6,9,10,11,12,13). The third-order valence-corrected chi connectivity index (χ3v) is 2.13. The van der Waals surface area contributed by atoms with E-state index in [-0.39, 0.29) is 11.9 Å². The van der Waals surface area contributed by atoms with Crippen LogP contribution in [0, 0.1) is 0 Å². The summed E-state index contributed by atoms with van der Waals surface area (Å²) in [4.78, 5) is 7.58. The zero-order valence-corrected chi connectivity index (χ0v) is 9.07. The third kappa shape index (κ3) is 3.61. The molecular weight excluding hydrogens is 182 g/mol. The topological polar surface area (TPSA) is 123 Å². The molecule has 0 atom stereocenters. The summed E-state index contributed by atoms with van der Waals surface area (Å²) in [6.45, 7) is 6.75. The molecule has 0 radical (unpaired) electrons. The van der Waals surface area contributed by atoms with Gasteiger partial charge in [0.2, 0.25) is 5.96 Å². The van der Waals surface area contributed by atoms with Crippen molar-refractivity contribution in [3.8, 4) is 0 Å². The lowest BCUT2D eigenvalue weighted by Gasteiger charge is -2.33. The van der Waals surface area contributed by atoms with E-state index in [0.29, 0.717) is 0 Å². The van der Waals surface area contributed by atoms with Crippen LogP contribution in [-0.4, -0.2) is 28.2 Å². The Kier molecular flexibility index (Phi) is 3.47. The Bertz CT molecular complexity index is 257. The largest absolute Gasteiger partial charge is 0.388 e. The molecule has 6 heteroatoms. The molecule has 0 aliphatic rings. The smallest absolute Gasteiger partial charge is 0.219 e. The molecule has 0 aromatic heterocycles. The molecule has 0 aliphatic carbocycles. The van der Waals surface area contributed by atoms with Crippen molar-refractivity contribution in [3.05, 3.63) is 0 Å². The lowest BCUT2D eigenvalue weighted by Crippen LogP contribution is -2.44. The van der Waals surface area contributed by atoms with Crippen molar-refractivity contribution in [2.75, 3.05) is 0 Å². The summed E-state index contributed by atoms with van der Waals surface area (Å²) in [6.07, 6.45) is 0. The number of hydrogen-bond acceptors (Lipinski definition) is 2. The Balaban J connectivity index is 4.90. The van der Waals surface area contributed by atoms with Gasteiger partial charge in [-0.15, -0.1) is 0 Å². The summed E-state index contributed by atoms with van der Waals surface area (Å²) in [5.74, 6) is -0.199. The second-order valence-corrected chi connectivity index (χ2v) is 4.12. The number of nitrogens with two attached hydrogens (primary N) is 3. The van der Waals surface area contributed by atoms with Gasteiger partial charge in [0.05, 0.1) is 11.1 Å². The fourth-order valence-corrected chi connectivity index (χ4v) is 0.580. The highest BCUT2D eigenvalue weighted by Crippen LogP contribution is 2.24. The highest BCUT2D eigenvalue weighted by Gasteiger charge is 2.34. The molecule has 0 spiro atoms. The van der Waals surface area contributed by atoms with Crippen LogP contribution in [0.3, 0.4) is 0 Å². The highest BCUT2D eigenvalue weighted by molar-refractivity contribution is 5.92. The van der Waals surface area contributed by atoms with Gasteiger partial charge in [-0.05, 0) is 27.7 Å². The van der Waals surface area contributed by atoms with Crippen molar-refractivity contribution in [3.63, 3.8) is 0 Å². The molecule has 0 saturated heterocycles.